The van der Waals surface area contributed by atoms with Crippen LogP contribution in [0, 0.1) is 0 Å². The first-order chi connectivity index (χ1) is 13.4. The molecule has 0 unspecified atom stereocenters. The van der Waals surface area contributed by atoms with E-state index in [1.807, 2.05) is 0 Å². The maximum atomic E-state index is 12.9. The van der Waals surface area contributed by atoms with Crippen molar-refractivity contribution < 1.29 is 17.9 Å². The van der Waals surface area contributed by atoms with E-state index in [1.165, 1.54) is 11.4 Å². The Bertz CT molecular complexity index is 862. The normalized spacial score (nSPS) is 11.4. The fourth-order valence-electron chi connectivity index (χ4n) is 2.71. The molecule has 0 saturated heterocycles. The van der Waals surface area contributed by atoms with Gasteiger partial charge < -0.3 is 10.1 Å². The molecule has 0 radical (unpaired) electrons. The summed E-state index contributed by atoms with van der Waals surface area (Å²) in [5.41, 5.74) is 1.39. The molecule has 7 heteroatoms. The first-order valence-corrected chi connectivity index (χ1v) is 10.9. The fourth-order valence-corrected chi connectivity index (χ4v) is 4.15. The molecule has 2 aromatic carbocycles. The van der Waals surface area contributed by atoms with Crippen LogP contribution in [0.25, 0.3) is 0 Å². The largest absolute Gasteiger partial charge is 0.497 e. The minimum Gasteiger partial charge on any atom is -0.497 e. The van der Waals surface area contributed by atoms with Crippen molar-refractivity contribution in [1.29, 1.82) is 0 Å². The van der Waals surface area contributed by atoms with Crippen molar-refractivity contribution in [2.45, 2.75) is 38.1 Å². The lowest BCUT2D eigenvalue weighted by atomic mass is 10.1. The summed E-state index contributed by atoms with van der Waals surface area (Å²) in [6.45, 7) is 5.11. The van der Waals surface area contributed by atoms with E-state index in [4.69, 9.17) is 4.74 Å². The molecule has 0 aliphatic carbocycles. The van der Waals surface area contributed by atoms with Crippen molar-refractivity contribution in [3.8, 4) is 5.75 Å². The van der Waals surface area contributed by atoms with Crippen molar-refractivity contribution in [2.24, 2.45) is 0 Å². The van der Waals surface area contributed by atoms with Gasteiger partial charge in [0, 0.05) is 25.2 Å². The molecule has 0 saturated carbocycles. The molecule has 0 heterocycles. The van der Waals surface area contributed by atoms with E-state index in [0.717, 1.165) is 18.4 Å². The van der Waals surface area contributed by atoms with Gasteiger partial charge in [0.1, 0.15) is 5.75 Å². The van der Waals surface area contributed by atoms with Gasteiger partial charge >= 0.3 is 0 Å². The van der Waals surface area contributed by atoms with Gasteiger partial charge in [-0.3, -0.25) is 4.79 Å². The number of nitrogens with zero attached hydrogens (tertiary/aromatic N) is 1. The van der Waals surface area contributed by atoms with Crippen molar-refractivity contribution in [3.05, 3.63) is 59.7 Å². The second kappa shape index (κ2) is 10.2. The van der Waals surface area contributed by atoms with Gasteiger partial charge in [-0.05, 0) is 48.4 Å². The monoisotopic (exact) mass is 404 g/mol. The van der Waals surface area contributed by atoms with Crippen LogP contribution in [-0.2, 0) is 16.6 Å². The summed E-state index contributed by atoms with van der Waals surface area (Å²) in [6, 6.07) is 13.4. The Hall–Kier alpha value is -2.38. The minimum atomic E-state index is -3.62. The third kappa shape index (κ3) is 5.56. The topological polar surface area (TPSA) is 75.7 Å². The molecule has 0 aliphatic rings. The molecule has 0 fully saturated rings. The van der Waals surface area contributed by atoms with Gasteiger partial charge in [-0.15, -0.1) is 0 Å². The van der Waals surface area contributed by atoms with Gasteiger partial charge in [-0.1, -0.05) is 32.4 Å². The molecule has 0 bridgehead atoms. The number of benzene rings is 2. The zero-order chi connectivity index (χ0) is 20.6. The highest BCUT2D eigenvalue weighted by Gasteiger charge is 2.23. The van der Waals surface area contributed by atoms with Crippen molar-refractivity contribution in [1.82, 2.24) is 9.62 Å². The minimum absolute atomic E-state index is 0.113. The van der Waals surface area contributed by atoms with Gasteiger partial charge in [0.25, 0.3) is 5.91 Å². The highest BCUT2D eigenvalue weighted by atomic mass is 32.2. The third-order valence-electron chi connectivity index (χ3n) is 4.44. The molecular weight excluding hydrogens is 376 g/mol. The molecule has 1 amide bonds. The Morgan fingerprint density at radius 3 is 2.21 bits per heavy atom. The van der Waals surface area contributed by atoms with E-state index in [2.05, 4.69) is 12.2 Å². The second-order valence-electron chi connectivity index (χ2n) is 6.41. The third-order valence-corrected chi connectivity index (χ3v) is 6.38. The van der Waals surface area contributed by atoms with E-state index in [0.29, 0.717) is 24.4 Å². The van der Waals surface area contributed by atoms with E-state index in [1.54, 1.807) is 55.5 Å². The van der Waals surface area contributed by atoms with Gasteiger partial charge in [-0.25, -0.2) is 8.42 Å². The molecular formula is C21H28N2O4S. The summed E-state index contributed by atoms with van der Waals surface area (Å²) in [4.78, 5) is 12.3. The number of ether oxygens (including phenoxy) is 1. The summed E-state index contributed by atoms with van der Waals surface area (Å²) in [5, 5.41) is 2.87. The highest BCUT2D eigenvalue weighted by Crippen LogP contribution is 2.21. The number of carbonyl (C=O) groups is 1. The maximum absolute atomic E-state index is 12.9. The van der Waals surface area contributed by atoms with Crippen LogP contribution in [0.3, 0.4) is 0 Å². The Kier molecular flexibility index (Phi) is 8.02. The van der Waals surface area contributed by atoms with Crippen LogP contribution in [-0.4, -0.2) is 38.8 Å². The summed E-state index contributed by atoms with van der Waals surface area (Å²) in [6.07, 6.45) is 1.97. The average Bonchev–Trinajstić information content (AvgIpc) is 2.72. The molecule has 152 valence electrons. The van der Waals surface area contributed by atoms with Crippen LogP contribution >= 0.6 is 0 Å². The quantitative estimate of drug-likeness (QED) is 0.616. The van der Waals surface area contributed by atoms with Crippen LogP contribution in [0.1, 0.15) is 42.6 Å². The van der Waals surface area contributed by atoms with Crippen molar-refractivity contribution in [3.63, 3.8) is 0 Å². The molecule has 0 aliphatic heterocycles. The van der Waals surface area contributed by atoms with Crippen molar-refractivity contribution >= 4 is 15.9 Å². The number of sulfonamides is 1. The lowest BCUT2D eigenvalue weighted by molar-refractivity contribution is 0.0953. The zero-order valence-electron chi connectivity index (χ0n) is 16.6. The number of rotatable bonds is 10. The van der Waals surface area contributed by atoms with E-state index >= 15 is 0 Å². The number of carbonyl (C=O) groups excluding carboxylic acids is 1. The van der Waals surface area contributed by atoms with Crippen LogP contribution in [0.4, 0.5) is 0 Å². The van der Waals surface area contributed by atoms with Gasteiger partial charge in [0.2, 0.25) is 10.0 Å². The van der Waals surface area contributed by atoms with Gasteiger partial charge in [0.15, 0.2) is 0 Å². The molecule has 1 N–H and O–H groups in total. The number of hydrogen-bond acceptors (Lipinski definition) is 4. The summed E-state index contributed by atoms with van der Waals surface area (Å²) in [7, 11) is -2.08. The lowest BCUT2D eigenvalue weighted by Gasteiger charge is -2.21. The molecule has 2 rings (SSSR count). The molecule has 0 aromatic heterocycles. The second-order valence-corrected chi connectivity index (χ2v) is 8.35. The van der Waals surface area contributed by atoms with Crippen molar-refractivity contribution in [2.75, 3.05) is 20.2 Å². The van der Waals surface area contributed by atoms with E-state index in [-0.39, 0.29) is 17.3 Å². The van der Waals surface area contributed by atoms with Crippen LogP contribution in [0.5, 0.6) is 5.75 Å². The number of hydrogen-bond donors (Lipinski definition) is 1. The standard InChI is InChI=1S/C21H28N2O4S/c1-4-6-15-22-21(24)18-9-7-17(8-10-18)16-23(5-2)28(25,26)20-13-11-19(27-3)12-14-20/h7-14H,4-6,15-16H2,1-3H3,(H,22,24). The lowest BCUT2D eigenvalue weighted by Crippen LogP contribution is -2.30. The number of nitrogens with one attached hydrogen (secondary N) is 1. The van der Waals surface area contributed by atoms with E-state index < -0.39 is 10.0 Å². The van der Waals surface area contributed by atoms with Crippen LogP contribution in [0.2, 0.25) is 0 Å². The highest BCUT2D eigenvalue weighted by molar-refractivity contribution is 7.89. The maximum Gasteiger partial charge on any atom is 0.251 e. The Labute approximate surface area is 167 Å². The molecule has 0 spiro atoms. The van der Waals surface area contributed by atoms with Crippen LogP contribution < -0.4 is 10.1 Å². The zero-order valence-corrected chi connectivity index (χ0v) is 17.5. The first-order valence-electron chi connectivity index (χ1n) is 9.43. The molecule has 28 heavy (non-hydrogen) atoms. The fraction of sp³-hybridized carbons (Fsp3) is 0.381. The Morgan fingerprint density at radius 1 is 1.04 bits per heavy atom. The summed E-state index contributed by atoms with van der Waals surface area (Å²) in [5.74, 6) is 0.494. The number of amides is 1. The number of methoxy groups -OCH3 is 1. The predicted octanol–water partition coefficient (Wildman–Crippen LogP) is 3.44. The van der Waals surface area contributed by atoms with E-state index in [9.17, 15) is 13.2 Å². The molecule has 6 nitrogen and oxygen atoms in total. The summed E-state index contributed by atoms with van der Waals surface area (Å²) >= 11 is 0. The summed E-state index contributed by atoms with van der Waals surface area (Å²) < 4.78 is 32.3. The predicted molar refractivity (Wildman–Crippen MR) is 110 cm³/mol. The Balaban J connectivity index is 2.10. The molecule has 2 aromatic rings. The SMILES string of the molecule is CCCCNC(=O)c1ccc(CN(CC)S(=O)(=O)c2ccc(OC)cc2)cc1. The average molecular weight is 405 g/mol. The van der Waals surface area contributed by atoms with Crippen LogP contribution in [0.15, 0.2) is 53.4 Å². The smallest absolute Gasteiger partial charge is 0.251 e. The first kappa shape index (κ1) is 21.9. The van der Waals surface area contributed by atoms with Gasteiger partial charge in [-0.2, -0.15) is 4.31 Å². The number of unbranched alkanes of at least 4 members (excludes halogenated alkanes) is 1. The Morgan fingerprint density at radius 2 is 1.68 bits per heavy atom. The molecule has 0 atom stereocenters. The van der Waals surface area contributed by atoms with Gasteiger partial charge in [0.05, 0.1) is 12.0 Å².